The molecule has 0 aromatic heterocycles. The summed E-state index contributed by atoms with van der Waals surface area (Å²) in [5, 5.41) is 10.5. The van der Waals surface area contributed by atoms with Gasteiger partial charge in [-0.05, 0) is 24.3 Å². The average molecular weight is 220 g/mol. The fraction of sp³-hybridized carbons (Fsp3) is 0.333. The lowest BCUT2D eigenvalue weighted by Gasteiger charge is -2.07. The van der Waals surface area contributed by atoms with E-state index in [2.05, 4.69) is 0 Å². The first-order valence-electron chi connectivity index (χ1n) is 3.82. The molecule has 1 radical (unpaired) electrons. The molecule has 0 amide bonds. The number of benzene rings is 1. The Bertz CT molecular complexity index is 248. The fourth-order valence-electron chi connectivity index (χ4n) is 0.767. The second-order valence-corrected chi connectivity index (χ2v) is 3.46. The standard InChI is InChI=1S/C9H9Cl2O2/c10-5-7(11)6-13-9-3-1-8(12)2-4-9/h1-4,7H,5-6H2. The highest BCUT2D eigenvalue weighted by Gasteiger charge is 2.03. The first-order valence-corrected chi connectivity index (χ1v) is 4.79. The van der Waals surface area contributed by atoms with Crippen LogP contribution in [-0.4, -0.2) is 17.9 Å². The van der Waals surface area contributed by atoms with Crippen LogP contribution in [0.15, 0.2) is 24.3 Å². The Balaban J connectivity index is 2.41. The Morgan fingerprint density at radius 2 is 1.92 bits per heavy atom. The van der Waals surface area contributed by atoms with E-state index in [1.807, 2.05) is 0 Å². The maximum absolute atomic E-state index is 10.7. The predicted octanol–water partition coefficient (Wildman–Crippen LogP) is 3.06. The van der Waals surface area contributed by atoms with Crippen LogP contribution in [0.3, 0.4) is 0 Å². The molecule has 1 aromatic rings. The number of halogens is 2. The van der Waals surface area contributed by atoms with Crippen LogP contribution in [0, 0.1) is 0 Å². The molecule has 0 heterocycles. The van der Waals surface area contributed by atoms with Gasteiger partial charge in [0.05, 0.1) is 5.38 Å². The highest BCUT2D eigenvalue weighted by atomic mass is 35.5. The molecule has 0 aliphatic rings. The van der Waals surface area contributed by atoms with Gasteiger partial charge in [0.1, 0.15) is 12.4 Å². The zero-order valence-corrected chi connectivity index (χ0v) is 8.39. The fourth-order valence-corrected chi connectivity index (χ4v) is 0.919. The second-order valence-electron chi connectivity index (χ2n) is 2.53. The van der Waals surface area contributed by atoms with Crippen LogP contribution >= 0.6 is 23.2 Å². The molecule has 1 aromatic carbocycles. The summed E-state index contributed by atoms with van der Waals surface area (Å²) >= 11 is 11.2. The number of rotatable bonds is 4. The summed E-state index contributed by atoms with van der Waals surface area (Å²) in [6, 6.07) is 6.11. The van der Waals surface area contributed by atoms with Crippen molar-refractivity contribution in [3.63, 3.8) is 0 Å². The summed E-state index contributed by atoms with van der Waals surface area (Å²) < 4.78 is 5.26. The Hall–Kier alpha value is -0.600. The van der Waals surface area contributed by atoms with E-state index in [1.54, 1.807) is 12.1 Å². The lowest BCUT2D eigenvalue weighted by Crippen LogP contribution is -2.12. The molecule has 0 aliphatic carbocycles. The van der Waals surface area contributed by atoms with Crippen LogP contribution < -0.4 is 4.74 Å². The molecule has 0 saturated carbocycles. The molecule has 71 valence electrons. The van der Waals surface area contributed by atoms with Crippen molar-refractivity contribution < 1.29 is 9.84 Å². The van der Waals surface area contributed by atoms with Gasteiger partial charge in [-0.15, -0.1) is 23.2 Å². The summed E-state index contributed by atoms with van der Waals surface area (Å²) in [6.45, 7) is 0.350. The summed E-state index contributed by atoms with van der Waals surface area (Å²) in [4.78, 5) is 0. The molecule has 0 aliphatic heterocycles. The van der Waals surface area contributed by atoms with Crippen LogP contribution in [0.5, 0.6) is 11.5 Å². The maximum Gasteiger partial charge on any atom is 0.178 e. The number of hydrogen-bond acceptors (Lipinski definition) is 1. The van der Waals surface area contributed by atoms with Gasteiger partial charge in [0, 0.05) is 5.88 Å². The largest absolute Gasteiger partial charge is 0.492 e. The minimum Gasteiger partial charge on any atom is -0.492 e. The molecule has 0 spiro atoms. The molecule has 1 rings (SSSR count). The lowest BCUT2D eigenvalue weighted by atomic mass is 10.3. The van der Waals surface area contributed by atoms with Gasteiger partial charge in [0.15, 0.2) is 5.75 Å². The van der Waals surface area contributed by atoms with Crippen LogP contribution in [0.4, 0.5) is 0 Å². The van der Waals surface area contributed by atoms with Gasteiger partial charge in [0.25, 0.3) is 0 Å². The summed E-state index contributed by atoms with van der Waals surface area (Å²) in [7, 11) is 0. The SMILES string of the molecule is [O]c1ccc(OCC(Cl)CCl)cc1. The van der Waals surface area contributed by atoms with Crippen molar-refractivity contribution in [2.75, 3.05) is 12.5 Å². The average Bonchev–Trinajstić information content (AvgIpc) is 2.16. The molecule has 0 saturated heterocycles. The zero-order valence-electron chi connectivity index (χ0n) is 6.87. The van der Waals surface area contributed by atoms with Crippen molar-refractivity contribution in [1.29, 1.82) is 0 Å². The van der Waals surface area contributed by atoms with Crippen LogP contribution in [0.2, 0.25) is 0 Å². The Kier molecular flexibility index (Phi) is 4.19. The molecular formula is C9H9Cl2O2. The molecule has 0 bridgehead atoms. The van der Waals surface area contributed by atoms with Crippen LogP contribution in [0.1, 0.15) is 0 Å². The van der Waals surface area contributed by atoms with E-state index < -0.39 is 0 Å². The van der Waals surface area contributed by atoms with Gasteiger partial charge in [-0.25, -0.2) is 0 Å². The van der Waals surface area contributed by atoms with Crippen molar-refractivity contribution in [2.45, 2.75) is 5.38 Å². The van der Waals surface area contributed by atoms with E-state index in [-0.39, 0.29) is 11.1 Å². The monoisotopic (exact) mass is 219 g/mol. The molecule has 4 heteroatoms. The van der Waals surface area contributed by atoms with E-state index in [0.29, 0.717) is 18.2 Å². The normalized spacial score (nSPS) is 12.5. The van der Waals surface area contributed by atoms with Gasteiger partial charge in [0.2, 0.25) is 0 Å². The van der Waals surface area contributed by atoms with E-state index >= 15 is 0 Å². The molecule has 2 nitrogen and oxygen atoms in total. The van der Waals surface area contributed by atoms with Crippen molar-refractivity contribution in [1.82, 2.24) is 0 Å². The minimum absolute atomic E-state index is 0.0351. The molecule has 0 N–H and O–H groups in total. The smallest absolute Gasteiger partial charge is 0.178 e. The molecular weight excluding hydrogens is 211 g/mol. The van der Waals surface area contributed by atoms with E-state index in [9.17, 15) is 5.11 Å². The van der Waals surface area contributed by atoms with E-state index in [0.717, 1.165) is 0 Å². The zero-order chi connectivity index (χ0) is 9.68. The Morgan fingerprint density at radius 1 is 1.31 bits per heavy atom. The summed E-state index contributed by atoms with van der Waals surface area (Å²) in [6.07, 6.45) is 0. The van der Waals surface area contributed by atoms with Crippen molar-refractivity contribution in [3.8, 4) is 11.5 Å². The van der Waals surface area contributed by atoms with Crippen molar-refractivity contribution >= 4 is 23.2 Å². The van der Waals surface area contributed by atoms with Gasteiger partial charge in [-0.1, -0.05) is 0 Å². The summed E-state index contributed by atoms with van der Waals surface area (Å²) in [5.41, 5.74) is 0. The van der Waals surface area contributed by atoms with Gasteiger partial charge in [-0.2, -0.15) is 0 Å². The third kappa shape index (κ3) is 3.75. The topological polar surface area (TPSA) is 29.1 Å². The minimum atomic E-state index is -0.200. The number of alkyl halides is 2. The van der Waals surface area contributed by atoms with E-state index in [1.165, 1.54) is 12.1 Å². The van der Waals surface area contributed by atoms with E-state index in [4.69, 9.17) is 27.9 Å². The van der Waals surface area contributed by atoms with Gasteiger partial charge in [-0.3, -0.25) is 5.11 Å². The Morgan fingerprint density at radius 3 is 2.46 bits per heavy atom. The lowest BCUT2D eigenvalue weighted by molar-refractivity contribution is 0.318. The van der Waals surface area contributed by atoms with Crippen molar-refractivity contribution in [3.05, 3.63) is 24.3 Å². The number of hydrogen-bond donors (Lipinski definition) is 0. The van der Waals surface area contributed by atoms with Crippen LogP contribution in [-0.2, 0) is 5.11 Å². The molecule has 0 fully saturated rings. The predicted molar refractivity (Wildman–Crippen MR) is 52.4 cm³/mol. The molecule has 1 unspecified atom stereocenters. The highest BCUT2D eigenvalue weighted by Crippen LogP contribution is 2.17. The summed E-state index contributed by atoms with van der Waals surface area (Å²) in [5.74, 6) is 0.948. The van der Waals surface area contributed by atoms with Gasteiger partial charge < -0.3 is 4.74 Å². The first kappa shape index (κ1) is 10.5. The third-order valence-electron chi connectivity index (χ3n) is 1.42. The Labute approximate surface area is 87.0 Å². The second kappa shape index (κ2) is 5.20. The highest BCUT2D eigenvalue weighted by molar-refractivity contribution is 6.28. The maximum atomic E-state index is 10.7. The number of ether oxygens (including phenoxy) is 1. The van der Waals surface area contributed by atoms with Gasteiger partial charge >= 0.3 is 0 Å². The molecule has 1 atom stereocenters. The van der Waals surface area contributed by atoms with Crippen molar-refractivity contribution in [2.24, 2.45) is 0 Å². The first-order chi connectivity index (χ1) is 6.22. The molecule has 13 heavy (non-hydrogen) atoms. The third-order valence-corrected chi connectivity index (χ3v) is 2.23. The quantitative estimate of drug-likeness (QED) is 0.717. The van der Waals surface area contributed by atoms with Crippen LogP contribution in [0.25, 0.3) is 0 Å².